The number of nitrogens with two attached hydrogens (primary N) is 1. The summed E-state index contributed by atoms with van der Waals surface area (Å²) in [6.07, 6.45) is 2.62. The molecule has 1 heterocycles. The first-order chi connectivity index (χ1) is 9.79. The maximum Gasteiger partial charge on any atom is 0.189 e. The normalized spacial score (nSPS) is 11.0. The number of aromatic nitrogens is 3. The molecule has 6 nitrogen and oxygen atoms in total. The van der Waals surface area contributed by atoms with Crippen molar-refractivity contribution in [1.29, 1.82) is 0 Å². The van der Waals surface area contributed by atoms with E-state index in [1.807, 2.05) is 29.7 Å². The quantitative estimate of drug-likeness (QED) is 0.438. The van der Waals surface area contributed by atoms with Gasteiger partial charge in [0.1, 0.15) is 12.9 Å². The largest absolute Gasteiger partial charge is 0.370 e. The predicted molar refractivity (Wildman–Crippen MR) is 94.6 cm³/mol. The smallest absolute Gasteiger partial charge is 0.189 e. The van der Waals surface area contributed by atoms with E-state index in [0.717, 1.165) is 25.3 Å². The number of aliphatic imine (C=N–C) groups is 1. The Kier molecular flexibility index (Phi) is 7.73. The lowest BCUT2D eigenvalue weighted by Gasteiger charge is -2.06. The highest BCUT2D eigenvalue weighted by atomic mass is 127. The van der Waals surface area contributed by atoms with Crippen molar-refractivity contribution in [2.75, 3.05) is 6.54 Å². The number of nitrogens with one attached hydrogen (secondary N) is 1. The third-order valence-corrected chi connectivity index (χ3v) is 2.99. The van der Waals surface area contributed by atoms with Crippen molar-refractivity contribution < 1.29 is 0 Å². The van der Waals surface area contributed by atoms with E-state index in [1.165, 1.54) is 5.56 Å². The van der Waals surface area contributed by atoms with Gasteiger partial charge in [-0.3, -0.25) is 0 Å². The van der Waals surface area contributed by atoms with Crippen LogP contribution in [0.25, 0.3) is 0 Å². The Labute approximate surface area is 141 Å². The zero-order chi connectivity index (χ0) is 14.2. The van der Waals surface area contributed by atoms with E-state index in [9.17, 15) is 0 Å². The summed E-state index contributed by atoms with van der Waals surface area (Å²) < 4.78 is 1.95. The van der Waals surface area contributed by atoms with Crippen LogP contribution in [-0.4, -0.2) is 27.3 Å². The molecule has 0 atom stereocenters. The first-order valence-electron chi connectivity index (χ1n) is 6.74. The number of guanidine groups is 1. The topological polar surface area (TPSA) is 81.1 Å². The molecule has 2 rings (SSSR count). The Morgan fingerprint density at radius 1 is 1.33 bits per heavy atom. The van der Waals surface area contributed by atoms with E-state index in [-0.39, 0.29) is 24.0 Å². The molecule has 1 aromatic carbocycles. The van der Waals surface area contributed by atoms with Crippen molar-refractivity contribution in [3.8, 4) is 0 Å². The molecule has 7 heteroatoms. The van der Waals surface area contributed by atoms with Crippen LogP contribution in [0.5, 0.6) is 0 Å². The molecule has 0 spiro atoms. The lowest BCUT2D eigenvalue weighted by Crippen LogP contribution is -2.33. The summed E-state index contributed by atoms with van der Waals surface area (Å²) in [5, 5.41) is 11.0. The molecule has 0 unspecified atom stereocenters. The molecule has 0 saturated carbocycles. The van der Waals surface area contributed by atoms with Crippen molar-refractivity contribution >= 4 is 29.9 Å². The van der Waals surface area contributed by atoms with Crippen LogP contribution in [-0.2, 0) is 19.5 Å². The average Bonchev–Trinajstić information content (AvgIpc) is 2.94. The lowest BCUT2D eigenvalue weighted by atomic mass is 10.1. The van der Waals surface area contributed by atoms with Gasteiger partial charge in [0.2, 0.25) is 0 Å². The monoisotopic (exact) mass is 400 g/mol. The third-order valence-electron chi connectivity index (χ3n) is 2.99. The van der Waals surface area contributed by atoms with Gasteiger partial charge in [0.05, 0.1) is 0 Å². The number of hydrogen-bond donors (Lipinski definition) is 2. The zero-order valence-electron chi connectivity index (χ0n) is 12.1. The molecule has 0 saturated heterocycles. The summed E-state index contributed by atoms with van der Waals surface area (Å²) in [7, 11) is 0. The highest BCUT2D eigenvalue weighted by Gasteiger charge is 2.01. The van der Waals surface area contributed by atoms with Crippen LogP contribution >= 0.6 is 24.0 Å². The van der Waals surface area contributed by atoms with Crippen molar-refractivity contribution in [2.24, 2.45) is 10.7 Å². The highest BCUT2D eigenvalue weighted by molar-refractivity contribution is 14.0. The first-order valence-corrected chi connectivity index (χ1v) is 6.74. The molecular formula is C14H21IN6. The molecule has 0 aliphatic carbocycles. The number of nitrogens with zero attached hydrogens (tertiary/aromatic N) is 4. The highest BCUT2D eigenvalue weighted by Crippen LogP contribution is 1.98. The van der Waals surface area contributed by atoms with Crippen LogP contribution in [0.3, 0.4) is 0 Å². The SMILES string of the molecule is CCn1cnnc1CN=C(N)NCCc1ccccc1.I. The van der Waals surface area contributed by atoms with Crippen molar-refractivity contribution in [3.05, 3.63) is 48.0 Å². The van der Waals surface area contributed by atoms with E-state index >= 15 is 0 Å². The fourth-order valence-electron chi connectivity index (χ4n) is 1.86. The molecule has 21 heavy (non-hydrogen) atoms. The minimum absolute atomic E-state index is 0. The number of aryl methyl sites for hydroxylation is 1. The van der Waals surface area contributed by atoms with Gasteiger partial charge in [-0.2, -0.15) is 0 Å². The summed E-state index contributed by atoms with van der Waals surface area (Å²) in [6, 6.07) is 10.3. The van der Waals surface area contributed by atoms with E-state index in [1.54, 1.807) is 6.33 Å². The molecule has 1 aromatic heterocycles. The Bertz CT molecular complexity index is 552. The van der Waals surface area contributed by atoms with Crippen LogP contribution in [0, 0.1) is 0 Å². The van der Waals surface area contributed by atoms with Gasteiger partial charge < -0.3 is 15.6 Å². The van der Waals surface area contributed by atoms with E-state index in [2.05, 4.69) is 32.6 Å². The molecule has 3 N–H and O–H groups in total. The summed E-state index contributed by atoms with van der Waals surface area (Å²) in [4.78, 5) is 4.27. The van der Waals surface area contributed by atoms with Crippen molar-refractivity contribution in [3.63, 3.8) is 0 Å². The van der Waals surface area contributed by atoms with Crippen LogP contribution in [0.2, 0.25) is 0 Å². The van der Waals surface area contributed by atoms with Gasteiger partial charge in [0, 0.05) is 13.1 Å². The number of benzene rings is 1. The molecule has 0 radical (unpaired) electrons. The molecular weight excluding hydrogens is 379 g/mol. The Hall–Kier alpha value is -1.64. The Morgan fingerprint density at radius 2 is 2.10 bits per heavy atom. The molecule has 0 bridgehead atoms. The van der Waals surface area contributed by atoms with Gasteiger partial charge >= 0.3 is 0 Å². The predicted octanol–water partition coefficient (Wildman–Crippen LogP) is 1.56. The average molecular weight is 400 g/mol. The van der Waals surface area contributed by atoms with Gasteiger partial charge in [-0.25, -0.2) is 4.99 Å². The third kappa shape index (κ3) is 5.70. The molecule has 0 aliphatic heterocycles. The van der Waals surface area contributed by atoms with Gasteiger partial charge in [-0.1, -0.05) is 30.3 Å². The maximum absolute atomic E-state index is 5.83. The second-order valence-electron chi connectivity index (χ2n) is 4.40. The maximum atomic E-state index is 5.83. The van der Waals surface area contributed by atoms with Crippen molar-refractivity contribution in [2.45, 2.75) is 26.4 Å². The molecule has 114 valence electrons. The fourth-order valence-corrected chi connectivity index (χ4v) is 1.86. The van der Waals surface area contributed by atoms with Gasteiger partial charge in [-0.15, -0.1) is 34.2 Å². The zero-order valence-corrected chi connectivity index (χ0v) is 14.4. The minimum atomic E-state index is 0. The second kappa shape index (κ2) is 9.32. The van der Waals surface area contributed by atoms with E-state index < -0.39 is 0 Å². The fraction of sp³-hybridized carbons (Fsp3) is 0.357. The van der Waals surface area contributed by atoms with Crippen molar-refractivity contribution in [1.82, 2.24) is 20.1 Å². The van der Waals surface area contributed by atoms with Crippen LogP contribution in [0.15, 0.2) is 41.7 Å². The summed E-state index contributed by atoms with van der Waals surface area (Å²) in [6.45, 7) is 4.08. The van der Waals surface area contributed by atoms with Gasteiger partial charge in [0.25, 0.3) is 0 Å². The van der Waals surface area contributed by atoms with E-state index in [4.69, 9.17) is 5.73 Å². The van der Waals surface area contributed by atoms with Crippen LogP contribution in [0.4, 0.5) is 0 Å². The standard InChI is InChI=1S/C14H20N6.HI/c1-2-20-11-18-19-13(20)10-17-14(15)16-9-8-12-6-4-3-5-7-12;/h3-7,11H,2,8-10H2,1H3,(H3,15,16,17);1H. The van der Waals surface area contributed by atoms with Crippen LogP contribution in [0.1, 0.15) is 18.3 Å². The Balaban J connectivity index is 0.00000220. The van der Waals surface area contributed by atoms with E-state index in [0.29, 0.717) is 12.5 Å². The molecule has 2 aromatic rings. The van der Waals surface area contributed by atoms with Gasteiger partial charge in [0.15, 0.2) is 11.8 Å². The summed E-state index contributed by atoms with van der Waals surface area (Å²) in [5.74, 6) is 1.26. The summed E-state index contributed by atoms with van der Waals surface area (Å²) >= 11 is 0. The van der Waals surface area contributed by atoms with Crippen LogP contribution < -0.4 is 11.1 Å². The lowest BCUT2D eigenvalue weighted by molar-refractivity contribution is 0.697. The second-order valence-corrected chi connectivity index (χ2v) is 4.40. The molecule has 0 aliphatic rings. The summed E-state index contributed by atoms with van der Waals surface area (Å²) in [5.41, 5.74) is 7.10. The molecule has 0 amide bonds. The van der Waals surface area contributed by atoms with Gasteiger partial charge in [-0.05, 0) is 18.9 Å². The Morgan fingerprint density at radius 3 is 2.81 bits per heavy atom. The molecule has 0 fully saturated rings. The number of rotatable bonds is 6. The first kappa shape index (κ1) is 17.4. The number of hydrogen-bond acceptors (Lipinski definition) is 3. The minimum Gasteiger partial charge on any atom is -0.370 e. The number of halogens is 1.